The van der Waals surface area contributed by atoms with Gasteiger partial charge in [0.15, 0.2) is 12.2 Å². The maximum Gasteiger partial charge on any atom is 0.336 e. The SMILES string of the molecule is CCO[C@H]1O[C@H](C(=O)O)[C@@H](C(=O)N(CC(=O)O)[C@H](C)[C@H](CCc2ccccc2)c2ccc(-c3ccccc3)c(F)c2)O1. The number of carbonyl (C=O) groups excluding carboxylic acids is 1. The van der Waals surface area contributed by atoms with Gasteiger partial charge in [-0.1, -0.05) is 72.8 Å². The van der Waals surface area contributed by atoms with Crippen LogP contribution in [0.4, 0.5) is 4.39 Å². The van der Waals surface area contributed by atoms with Crippen LogP contribution < -0.4 is 0 Å². The molecule has 1 heterocycles. The molecule has 0 unspecified atom stereocenters. The van der Waals surface area contributed by atoms with Gasteiger partial charge in [-0.2, -0.15) is 0 Å². The Kier molecular flexibility index (Phi) is 10.4. The van der Waals surface area contributed by atoms with Crippen molar-refractivity contribution < 1.29 is 43.2 Å². The van der Waals surface area contributed by atoms with Gasteiger partial charge >= 0.3 is 11.9 Å². The lowest BCUT2D eigenvalue weighted by Crippen LogP contribution is -2.52. The van der Waals surface area contributed by atoms with Gasteiger partial charge in [0.05, 0.1) is 0 Å². The maximum absolute atomic E-state index is 15.5. The minimum Gasteiger partial charge on any atom is -0.480 e. The van der Waals surface area contributed by atoms with Gasteiger partial charge in [-0.05, 0) is 49.4 Å². The van der Waals surface area contributed by atoms with Crippen LogP contribution in [0.15, 0.2) is 78.9 Å². The number of ether oxygens (including phenoxy) is 3. The molecule has 0 spiro atoms. The van der Waals surface area contributed by atoms with Crippen LogP contribution in [0.25, 0.3) is 11.1 Å². The summed E-state index contributed by atoms with van der Waals surface area (Å²) in [5.74, 6) is -4.58. The van der Waals surface area contributed by atoms with Gasteiger partial charge in [-0.25, -0.2) is 9.18 Å². The van der Waals surface area contributed by atoms with Crippen LogP contribution in [0.5, 0.6) is 0 Å². The number of aliphatic carboxylic acids is 2. The number of hydrogen-bond acceptors (Lipinski definition) is 6. The highest BCUT2D eigenvalue weighted by Gasteiger charge is 2.48. The van der Waals surface area contributed by atoms with Crippen molar-refractivity contribution in [1.82, 2.24) is 4.90 Å². The highest BCUT2D eigenvalue weighted by molar-refractivity contribution is 5.90. The molecular formula is C32H34FNO8. The molecule has 222 valence electrons. The van der Waals surface area contributed by atoms with Gasteiger partial charge in [0, 0.05) is 24.1 Å². The molecule has 42 heavy (non-hydrogen) atoms. The Morgan fingerprint density at radius 3 is 2.19 bits per heavy atom. The standard InChI is InChI=1S/C32H34FNO8/c1-3-40-32-41-28(29(42-32)31(38)39)30(37)34(19-27(35)36)20(2)24(16-14-21-10-6-4-7-11-21)23-15-17-25(26(33)18-23)22-12-8-5-9-13-22/h4-13,15,17-18,20,24,28-29,32H,3,14,16,19H2,1-2H3,(H,35,36)(H,38,39)/t20-,24+,28+,29+,32-/m1/s1. The van der Waals surface area contributed by atoms with E-state index < -0.39 is 60.9 Å². The van der Waals surface area contributed by atoms with Gasteiger partial charge in [-0.3, -0.25) is 9.59 Å². The van der Waals surface area contributed by atoms with Crippen molar-refractivity contribution in [2.24, 2.45) is 0 Å². The average molecular weight is 580 g/mol. The zero-order valence-corrected chi connectivity index (χ0v) is 23.4. The molecule has 4 rings (SSSR count). The Hall–Kier alpha value is -4.12. The second kappa shape index (κ2) is 14.2. The van der Waals surface area contributed by atoms with Crippen LogP contribution in [0, 0.1) is 5.82 Å². The lowest BCUT2D eigenvalue weighted by atomic mass is 9.85. The minimum absolute atomic E-state index is 0.138. The minimum atomic E-state index is -1.69. The molecule has 0 bridgehead atoms. The van der Waals surface area contributed by atoms with E-state index in [0.29, 0.717) is 29.5 Å². The van der Waals surface area contributed by atoms with Crippen molar-refractivity contribution in [3.63, 3.8) is 0 Å². The van der Waals surface area contributed by atoms with E-state index in [9.17, 15) is 24.6 Å². The van der Waals surface area contributed by atoms with Crippen LogP contribution in [0.1, 0.15) is 37.3 Å². The number of nitrogens with zero attached hydrogens (tertiary/aromatic N) is 1. The molecule has 0 aliphatic carbocycles. The Labute approximate surface area is 243 Å². The van der Waals surface area contributed by atoms with Gasteiger partial charge < -0.3 is 29.3 Å². The third kappa shape index (κ3) is 7.39. The van der Waals surface area contributed by atoms with E-state index in [0.717, 1.165) is 10.5 Å². The van der Waals surface area contributed by atoms with Crippen molar-refractivity contribution in [3.8, 4) is 11.1 Å². The average Bonchev–Trinajstić information content (AvgIpc) is 3.41. The highest BCUT2D eigenvalue weighted by Crippen LogP contribution is 2.34. The van der Waals surface area contributed by atoms with E-state index in [4.69, 9.17) is 14.2 Å². The Morgan fingerprint density at radius 1 is 0.952 bits per heavy atom. The van der Waals surface area contributed by atoms with Gasteiger partial charge in [0.2, 0.25) is 0 Å². The van der Waals surface area contributed by atoms with Crippen molar-refractivity contribution >= 4 is 17.8 Å². The fourth-order valence-corrected chi connectivity index (χ4v) is 5.22. The normalized spacial score (nSPS) is 19.6. The summed E-state index contributed by atoms with van der Waals surface area (Å²) in [7, 11) is 0. The molecule has 1 aliphatic rings. The number of carboxylic acids is 2. The van der Waals surface area contributed by atoms with Gasteiger partial charge in [0.1, 0.15) is 12.4 Å². The molecular weight excluding hydrogens is 545 g/mol. The zero-order valence-electron chi connectivity index (χ0n) is 23.4. The lowest BCUT2D eigenvalue weighted by Gasteiger charge is -2.36. The summed E-state index contributed by atoms with van der Waals surface area (Å²) >= 11 is 0. The predicted octanol–water partition coefficient (Wildman–Crippen LogP) is 4.70. The molecule has 5 atom stereocenters. The summed E-state index contributed by atoms with van der Waals surface area (Å²) in [5, 5.41) is 19.4. The van der Waals surface area contributed by atoms with Crippen molar-refractivity contribution in [2.45, 2.75) is 57.3 Å². The number of halogens is 1. The summed E-state index contributed by atoms with van der Waals surface area (Å²) in [5.41, 5.74) is 2.71. The zero-order chi connectivity index (χ0) is 30.2. The van der Waals surface area contributed by atoms with E-state index in [1.165, 1.54) is 6.07 Å². The first-order valence-corrected chi connectivity index (χ1v) is 13.8. The number of aryl methyl sites for hydroxylation is 1. The van der Waals surface area contributed by atoms with Gasteiger partial charge in [-0.15, -0.1) is 0 Å². The molecule has 0 radical (unpaired) electrons. The predicted molar refractivity (Wildman–Crippen MR) is 151 cm³/mol. The van der Waals surface area contributed by atoms with Crippen LogP contribution in [-0.4, -0.2) is 70.8 Å². The molecule has 1 aliphatic heterocycles. The van der Waals surface area contributed by atoms with Crippen LogP contribution >= 0.6 is 0 Å². The maximum atomic E-state index is 15.5. The molecule has 2 N–H and O–H groups in total. The molecule has 0 aromatic heterocycles. The summed E-state index contributed by atoms with van der Waals surface area (Å²) in [4.78, 5) is 38.7. The van der Waals surface area contributed by atoms with Crippen LogP contribution in [0.3, 0.4) is 0 Å². The van der Waals surface area contributed by atoms with Crippen LogP contribution in [0.2, 0.25) is 0 Å². The highest BCUT2D eigenvalue weighted by atomic mass is 19.1. The number of hydrogen-bond donors (Lipinski definition) is 2. The van der Waals surface area contributed by atoms with Crippen molar-refractivity contribution in [2.75, 3.05) is 13.2 Å². The summed E-state index contributed by atoms with van der Waals surface area (Å²) < 4.78 is 31.5. The first kappa shape index (κ1) is 30.8. The monoisotopic (exact) mass is 579 g/mol. The largest absolute Gasteiger partial charge is 0.480 e. The van der Waals surface area contributed by atoms with E-state index in [1.54, 1.807) is 38.1 Å². The number of amides is 1. The van der Waals surface area contributed by atoms with Crippen molar-refractivity contribution in [3.05, 3.63) is 95.8 Å². The molecule has 1 amide bonds. The third-order valence-electron chi connectivity index (χ3n) is 7.34. The smallest absolute Gasteiger partial charge is 0.336 e. The number of carboxylic acid groups (broad SMARTS) is 2. The number of carbonyl (C=O) groups is 3. The molecule has 10 heteroatoms. The molecule has 1 saturated heterocycles. The Morgan fingerprint density at radius 2 is 1.60 bits per heavy atom. The first-order valence-electron chi connectivity index (χ1n) is 13.8. The number of benzene rings is 3. The first-order chi connectivity index (χ1) is 20.2. The Bertz CT molecular complexity index is 1370. The van der Waals surface area contributed by atoms with Crippen LogP contribution in [-0.2, 0) is 35.0 Å². The third-order valence-corrected chi connectivity index (χ3v) is 7.34. The topological polar surface area (TPSA) is 123 Å². The quantitative estimate of drug-likeness (QED) is 0.299. The Balaban J connectivity index is 1.69. The summed E-state index contributed by atoms with van der Waals surface area (Å²) in [6, 6.07) is 22.8. The summed E-state index contributed by atoms with van der Waals surface area (Å²) in [6.07, 6.45) is -2.30. The van der Waals surface area contributed by atoms with Crippen molar-refractivity contribution in [1.29, 1.82) is 0 Å². The summed E-state index contributed by atoms with van der Waals surface area (Å²) in [6.45, 7) is 1.35. The van der Waals surface area contributed by atoms with Gasteiger partial charge in [0.25, 0.3) is 12.4 Å². The van der Waals surface area contributed by atoms with E-state index in [1.807, 2.05) is 48.5 Å². The fraction of sp³-hybridized carbons (Fsp3) is 0.344. The molecule has 3 aromatic carbocycles. The second-order valence-corrected chi connectivity index (χ2v) is 10.0. The fourth-order valence-electron chi connectivity index (χ4n) is 5.22. The molecule has 9 nitrogen and oxygen atoms in total. The molecule has 3 aromatic rings. The molecule has 0 saturated carbocycles. The molecule has 1 fully saturated rings. The lowest BCUT2D eigenvalue weighted by molar-refractivity contribution is -0.241. The van der Waals surface area contributed by atoms with E-state index >= 15 is 4.39 Å². The van der Waals surface area contributed by atoms with E-state index in [2.05, 4.69) is 0 Å². The van der Waals surface area contributed by atoms with E-state index in [-0.39, 0.29) is 6.61 Å². The second-order valence-electron chi connectivity index (χ2n) is 10.0. The number of rotatable bonds is 13.